The molecular weight excluding hydrogens is 297 g/mol. The Bertz CT molecular complexity index is 752. The number of aromatic amines is 1. The van der Waals surface area contributed by atoms with E-state index in [1.54, 1.807) is 6.92 Å². The van der Waals surface area contributed by atoms with E-state index in [1.807, 2.05) is 4.90 Å². The third kappa shape index (κ3) is 2.68. The molecular formula is C14H13F3N4O. The number of halogens is 3. The van der Waals surface area contributed by atoms with Crippen LogP contribution in [-0.4, -0.2) is 21.5 Å². The van der Waals surface area contributed by atoms with E-state index in [-0.39, 0.29) is 5.56 Å². The molecule has 1 aliphatic rings. The third-order valence-electron chi connectivity index (χ3n) is 3.59. The summed E-state index contributed by atoms with van der Waals surface area (Å²) in [5.74, 6) is 0.563. The number of nitrogens with zero attached hydrogens (tertiary/aromatic N) is 3. The summed E-state index contributed by atoms with van der Waals surface area (Å²) < 4.78 is 37.6. The van der Waals surface area contributed by atoms with E-state index in [0.29, 0.717) is 36.6 Å². The largest absolute Gasteiger partial charge is 0.433 e. The van der Waals surface area contributed by atoms with Crippen molar-refractivity contribution in [2.45, 2.75) is 26.1 Å². The second-order valence-corrected chi connectivity index (χ2v) is 5.15. The summed E-state index contributed by atoms with van der Waals surface area (Å²) in [5, 5.41) is 0. The Kier molecular flexibility index (Phi) is 3.38. The Hall–Kier alpha value is -2.38. The average molecular weight is 310 g/mol. The lowest BCUT2D eigenvalue weighted by Crippen LogP contribution is -2.36. The first-order valence-electron chi connectivity index (χ1n) is 6.71. The Morgan fingerprint density at radius 3 is 2.73 bits per heavy atom. The van der Waals surface area contributed by atoms with Crippen molar-refractivity contribution in [3.05, 3.63) is 51.5 Å². The van der Waals surface area contributed by atoms with Gasteiger partial charge >= 0.3 is 6.18 Å². The monoisotopic (exact) mass is 310 g/mol. The summed E-state index contributed by atoms with van der Waals surface area (Å²) in [6.07, 6.45) is -2.70. The topological polar surface area (TPSA) is 61.9 Å². The maximum atomic E-state index is 12.5. The number of pyridine rings is 1. The van der Waals surface area contributed by atoms with Crippen LogP contribution in [0.15, 0.2) is 23.1 Å². The second kappa shape index (κ2) is 5.11. The van der Waals surface area contributed by atoms with E-state index in [9.17, 15) is 18.0 Å². The first-order chi connectivity index (χ1) is 10.3. The summed E-state index contributed by atoms with van der Waals surface area (Å²) in [6.45, 7) is 2.61. The Morgan fingerprint density at radius 1 is 1.32 bits per heavy atom. The van der Waals surface area contributed by atoms with E-state index >= 15 is 0 Å². The van der Waals surface area contributed by atoms with Gasteiger partial charge in [-0.25, -0.2) is 9.97 Å². The molecule has 0 amide bonds. The number of anilines is 1. The average Bonchev–Trinajstić information content (AvgIpc) is 2.46. The molecule has 3 heterocycles. The molecule has 0 saturated carbocycles. The zero-order valence-electron chi connectivity index (χ0n) is 11.7. The van der Waals surface area contributed by atoms with Crippen molar-refractivity contribution in [1.29, 1.82) is 0 Å². The van der Waals surface area contributed by atoms with E-state index in [2.05, 4.69) is 15.0 Å². The van der Waals surface area contributed by atoms with Crippen LogP contribution in [0.4, 0.5) is 18.9 Å². The Morgan fingerprint density at radius 2 is 2.09 bits per heavy atom. The first-order valence-corrected chi connectivity index (χ1v) is 6.71. The van der Waals surface area contributed by atoms with Crippen molar-refractivity contribution >= 4 is 5.69 Å². The highest BCUT2D eigenvalue weighted by Crippen LogP contribution is 2.29. The van der Waals surface area contributed by atoms with Crippen LogP contribution in [0.25, 0.3) is 0 Å². The van der Waals surface area contributed by atoms with Crippen LogP contribution in [0.5, 0.6) is 0 Å². The summed E-state index contributed by atoms with van der Waals surface area (Å²) in [5.41, 5.74) is 0.726. The second-order valence-electron chi connectivity index (χ2n) is 5.15. The van der Waals surface area contributed by atoms with Crippen LogP contribution in [-0.2, 0) is 19.1 Å². The maximum absolute atomic E-state index is 12.5. The van der Waals surface area contributed by atoms with E-state index in [1.165, 1.54) is 12.3 Å². The normalized spacial score (nSPS) is 14.8. The molecule has 0 bridgehead atoms. The van der Waals surface area contributed by atoms with Crippen LogP contribution in [0, 0.1) is 6.92 Å². The van der Waals surface area contributed by atoms with Crippen molar-refractivity contribution in [2.75, 3.05) is 11.4 Å². The van der Waals surface area contributed by atoms with Gasteiger partial charge in [0.05, 0.1) is 29.7 Å². The number of hydrogen-bond acceptors (Lipinski definition) is 4. The standard InChI is InChI=1S/C14H13F3N4O/c1-8-19-11-4-5-21(7-10(11)13(22)20-8)9-2-3-12(18-6-9)14(15,16)17/h2-3,6H,4-5,7H2,1H3,(H,19,20,22). The quantitative estimate of drug-likeness (QED) is 0.876. The molecule has 0 spiro atoms. The molecule has 2 aromatic rings. The summed E-state index contributed by atoms with van der Waals surface area (Å²) >= 11 is 0. The Labute approximate surface area is 123 Å². The smallest absolute Gasteiger partial charge is 0.365 e. The summed E-state index contributed by atoms with van der Waals surface area (Å²) in [7, 11) is 0. The molecule has 5 nitrogen and oxygen atoms in total. The number of H-pyrrole nitrogens is 1. The van der Waals surface area contributed by atoms with Crippen molar-refractivity contribution in [3.8, 4) is 0 Å². The molecule has 2 aromatic heterocycles. The number of aromatic nitrogens is 3. The highest BCUT2D eigenvalue weighted by atomic mass is 19.4. The minimum Gasteiger partial charge on any atom is -0.365 e. The van der Waals surface area contributed by atoms with Crippen LogP contribution in [0.1, 0.15) is 22.8 Å². The predicted octanol–water partition coefficient (Wildman–Crippen LogP) is 2.05. The van der Waals surface area contributed by atoms with Crippen molar-refractivity contribution < 1.29 is 13.2 Å². The summed E-state index contributed by atoms with van der Waals surface area (Å²) in [6, 6.07) is 2.32. The zero-order valence-corrected chi connectivity index (χ0v) is 11.7. The number of hydrogen-bond donors (Lipinski definition) is 1. The van der Waals surface area contributed by atoms with Crippen molar-refractivity contribution in [3.63, 3.8) is 0 Å². The zero-order chi connectivity index (χ0) is 15.9. The highest BCUT2D eigenvalue weighted by Gasteiger charge is 2.32. The minimum absolute atomic E-state index is 0.202. The number of nitrogens with one attached hydrogen (secondary N) is 1. The molecule has 0 unspecified atom stereocenters. The van der Waals surface area contributed by atoms with Gasteiger partial charge in [-0.1, -0.05) is 0 Å². The summed E-state index contributed by atoms with van der Waals surface area (Å²) in [4.78, 5) is 24.2. The molecule has 22 heavy (non-hydrogen) atoms. The van der Waals surface area contributed by atoms with E-state index < -0.39 is 11.9 Å². The predicted molar refractivity (Wildman–Crippen MR) is 73.6 cm³/mol. The number of alkyl halides is 3. The number of rotatable bonds is 1. The Balaban J connectivity index is 1.87. The fraction of sp³-hybridized carbons (Fsp3) is 0.357. The molecule has 0 radical (unpaired) electrons. The number of fused-ring (bicyclic) bond motifs is 1. The molecule has 0 aromatic carbocycles. The molecule has 1 N–H and O–H groups in total. The van der Waals surface area contributed by atoms with Gasteiger partial charge in [-0.05, 0) is 19.1 Å². The fourth-order valence-corrected chi connectivity index (χ4v) is 2.51. The van der Waals surface area contributed by atoms with E-state index in [4.69, 9.17) is 0 Å². The lowest BCUT2D eigenvalue weighted by atomic mass is 10.1. The van der Waals surface area contributed by atoms with E-state index in [0.717, 1.165) is 11.8 Å². The molecule has 0 fully saturated rings. The van der Waals surface area contributed by atoms with Gasteiger partial charge in [0.2, 0.25) is 0 Å². The van der Waals surface area contributed by atoms with Gasteiger partial charge in [-0.2, -0.15) is 13.2 Å². The van der Waals surface area contributed by atoms with Crippen LogP contribution in [0.2, 0.25) is 0 Å². The molecule has 8 heteroatoms. The van der Waals surface area contributed by atoms with Crippen molar-refractivity contribution in [1.82, 2.24) is 15.0 Å². The van der Waals surface area contributed by atoms with Gasteiger partial charge < -0.3 is 9.88 Å². The lowest BCUT2D eigenvalue weighted by Gasteiger charge is -2.29. The molecule has 1 aliphatic heterocycles. The van der Waals surface area contributed by atoms with Crippen molar-refractivity contribution in [2.24, 2.45) is 0 Å². The number of aryl methyl sites for hydroxylation is 1. The maximum Gasteiger partial charge on any atom is 0.433 e. The molecule has 0 saturated heterocycles. The minimum atomic E-state index is -4.45. The lowest BCUT2D eigenvalue weighted by molar-refractivity contribution is -0.141. The van der Waals surface area contributed by atoms with Gasteiger partial charge in [0, 0.05) is 13.0 Å². The van der Waals surface area contributed by atoms with Crippen LogP contribution < -0.4 is 10.5 Å². The molecule has 0 atom stereocenters. The SMILES string of the molecule is Cc1nc2c(c(=O)[nH]1)CN(c1ccc(C(F)(F)F)nc1)CC2. The van der Waals surface area contributed by atoms with Gasteiger partial charge in [0.25, 0.3) is 5.56 Å². The van der Waals surface area contributed by atoms with Gasteiger partial charge in [0.1, 0.15) is 11.5 Å². The first kappa shape index (κ1) is 14.6. The third-order valence-corrected chi connectivity index (χ3v) is 3.59. The van der Waals surface area contributed by atoms with Gasteiger partial charge in [-0.3, -0.25) is 4.79 Å². The van der Waals surface area contributed by atoms with Crippen LogP contribution >= 0.6 is 0 Å². The fourth-order valence-electron chi connectivity index (χ4n) is 2.51. The molecule has 116 valence electrons. The van der Waals surface area contributed by atoms with Gasteiger partial charge in [0.15, 0.2) is 0 Å². The highest BCUT2D eigenvalue weighted by molar-refractivity contribution is 5.47. The molecule has 3 rings (SSSR count). The molecule has 0 aliphatic carbocycles. The van der Waals surface area contributed by atoms with Gasteiger partial charge in [-0.15, -0.1) is 0 Å². The van der Waals surface area contributed by atoms with Crippen LogP contribution in [0.3, 0.4) is 0 Å².